The van der Waals surface area contributed by atoms with E-state index in [0.717, 1.165) is 10.0 Å². The van der Waals surface area contributed by atoms with E-state index < -0.39 is 41.4 Å². The van der Waals surface area contributed by atoms with Gasteiger partial charge in [-0.1, -0.05) is 35.9 Å². The number of imide groups is 1. The van der Waals surface area contributed by atoms with Crippen LogP contribution in [-0.4, -0.2) is 46.7 Å². The van der Waals surface area contributed by atoms with Gasteiger partial charge in [-0.15, -0.1) is 0 Å². The summed E-state index contributed by atoms with van der Waals surface area (Å²) in [5.41, 5.74) is 0.417. The van der Waals surface area contributed by atoms with Crippen LogP contribution in [0.3, 0.4) is 0 Å². The van der Waals surface area contributed by atoms with E-state index in [2.05, 4.69) is 0 Å². The van der Waals surface area contributed by atoms with E-state index in [1.165, 1.54) is 20.1 Å². The smallest absolute Gasteiger partial charge is 0.275 e. The summed E-state index contributed by atoms with van der Waals surface area (Å²) in [4.78, 5) is 53.5. The number of hydrogen-bond donors (Lipinski definition) is 0. The summed E-state index contributed by atoms with van der Waals surface area (Å²) in [7, 11) is 1.52. The summed E-state index contributed by atoms with van der Waals surface area (Å²) in [5, 5.41) is 1.99. The van der Waals surface area contributed by atoms with Crippen molar-refractivity contribution < 1.29 is 23.9 Å². The Morgan fingerprint density at radius 3 is 2.12 bits per heavy atom. The number of fused-ring (bicyclic) bond motifs is 1. The Balaban J connectivity index is 1.75. The van der Waals surface area contributed by atoms with Crippen molar-refractivity contribution in [3.8, 4) is 5.75 Å². The Morgan fingerprint density at radius 2 is 1.58 bits per heavy atom. The van der Waals surface area contributed by atoms with E-state index in [-0.39, 0.29) is 10.6 Å². The zero-order valence-corrected chi connectivity index (χ0v) is 19.0. The molecule has 170 valence electrons. The molecule has 2 aliphatic rings. The molecule has 7 nitrogen and oxygen atoms in total. The second kappa shape index (κ2) is 9.19. The Hall–Kier alpha value is -3.45. The molecule has 3 atom stereocenters. The summed E-state index contributed by atoms with van der Waals surface area (Å²) in [6.07, 6.45) is 4.56. The van der Waals surface area contributed by atoms with Gasteiger partial charge in [-0.05, 0) is 56.2 Å². The van der Waals surface area contributed by atoms with Gasteiger partial charge in [0.1, 0.15) is 11.8 Å². The molecule has 0 spiro atoms. The van der Waals surface area contributed by atoms with E-state index in [9.17, 15) is 19.2 Å². The van der Waals surface area contributed by atoms with Crippen molar-refractivity contribution in [3.63, 3.8) is 0 Å². The van der Waals surface area contributed by atoms with Crippen LogP contribution in [0.4, 0.5) is 0 Å². The van der Waals surface area contributed by atoms with Crippen molar-refractivity contribution in [1.29, 1.82) is 0 Å². The van der Waals surface area contributed by atoms with Crippen LogP contribution < -0.4 is 4.74 Å². The second-order valence-electron chi connectivity index (χ2n) is 8.04. The predicted octanol–water partition coefficient (Wildman–Crippen LogP) is 3.93. The molecule has 2 aromatic carbocycles. The number of nitrogens with zero attached hydrogens (tertiary/aromatic N) is 2. The highest BCUT2D eigenvalue weighted by Crippen LogP contribution is 2.37. The molecular formula is C25H23ClN2O5. The molecule has 4 rings (SSSR count). The minimum atomic E-state index is -1.14. The van der Waals surface area contributed by atoms with Crippen LogP contribution in [-0.2, 0) is 9.59 Å². The molecule has 3 amide bonds. The fraction of sp³-hybridized carbons (Fsp3) is 0.280. The maximum Gasteiger partial charge on any atom is 0.275 e. The van der Waals surface area contributed by atoms with Crippen LogP contribution in [0.25, 0.3) is 0 Å². The number of hydrazine groups is 1. The number of methoxy groups -OCH3 is 1. The molecule has 0 saturated carbocycles. The molecule has 1 fully saturated rings. The first kappa shape index (κ1) is 22.7. The number of ketones is 1. The average Bonchev–Trinajstić information content (AvgIpc) is 3.09. The lowest BCUT2D eigenvalue weighted by atomic mass is 9.85. The highest BCUT2D eigenvalue weighted by Gasteiger charge is 2.52. The highest BCUT2D eigenvalue weighted by atomic mass is 35.5. The van der Waals surface area contributed by atoms with Crippen LogP contribution in [0, 0.1) is 11.8 Å². The Kier molecular flexibility index (Phi) is 6.33. The van der Waals surface area contributed by atoms with Gasteiger partial charge in [0.05, 0.1) is 29.5 Å². The van der Waals surface area contributed by atoms with E-state index in [4.69, 9.17) is 16.3 Å². The van der Waals surface area contributed by atoms with Crippen LogP contribution in [0.15, 0.2) is 60.7 Å². The number of hydrogen-bond acceptors (Lipinski definition) is 5. The number of halogens is 1. The number of allylic oxidation sites excluding steroid dienone is 2. The quantitative estimate of drug-likeness (QED) is 0.366. The molecule has 0 aromatic heterocycles. The van der Waals surface area contributed by atoms with E-state index in [1.807, 2.05) is 12.2 Å². The maximum absolute atomic E-state index is 13.6. The lowest BCUT2D eigenvalue weighted by molar-refractivity contribution is -0.156. The molecule has 0 unspecified atom stereocenters. The first-order chi connectivity index (χ1) is 15.8. The lowest BCUT2D eigenvalue weighted by Crippen LogP contribution is -2.56. The molecule has 1 aliphatic carbocycles. The Bertz CT molecular complexity index is 1120. The van der Waals surface area contributed by atoms with Gasteiger partial charge in [0.15, 0.2) is 5.78 Å². The minimum Gasteiger partial charge on any atom is -0.497 e. The van der Waals surface area contributed by atoms with E-state index in [1.54, 1.807) is 42.5 Å². The third kappa shape index (κ3) is 4.04. The van der Waals surface area contributed by atoms with Gasteiger partial charge in [-0.3, -0.25) is 19.2 Å². The molecule has 2 aromatic rings. The number of ether oxygens (including phenoxy) is 1. The molecule has 1 heterocycles. The Morgan fingerprint density at radius 1 is 1.00 bits per heavy atom. The molecule has 8 heteroatoms. The van der Waals surface area contributed by atoms with Crippen molar-refractivity contribution in [2.75, 3.05) is 7.11 Å². The van der Waals surface area contributed by atoms with Gasteiger partial charge in [-0.2, -0.15) is 5.01 Å². The number of carbonyl (C=O) groups is 4. The SMILES string of the molecule is COc1ccc(C(=O)[C@H](C)N(C(=O)c2ccccc2Cl)N2C(=O)[C@@H]3CC=CC[C@H]3C2=O)cc1. The molecule has 0 bridgehead atoms. The van der Waals surface area contributed by atoms with Crippen LogP contribution in [0.1, 0.15) is 40.5 Å². The fourth-order valence-corrected chi connectivity index (χ4v) is 4.52. The minimum absolute atomic E-state index is 0.0992. The first-order valence-corrected chi connectivity index (χ1v) is 11.0. The summed E-state index contributed by atoms with van der Waals surface area (Å²) in [6.45, 7) is 1.50. The zero-order valence-electron chi connectivity index (χ0n) is 18.2. The summed E-state index contributed by atoms with van der Waals surface area (Å²) < 4.78 is 5.14. The third-order valence-electron chi connectivity index (χ3n) is 6.13. The fourth-order valence-electron chi connectivity index (χ4n) is 4.30. The van der Waals surface area contributed by atoms with Gasteiger partial charge in [0, 0.05) is 5.56 Å². The summed E-state index contributed by atoms with van der Waals surface area (Å²) in [6, 6.07) is 11.6. The van der Waals surface area contributed by atoms with Crippen molar-refractivity contribution >= 4 is 35.1 Å². The van der Waals surface area contributed by atoms with Gasteiger partial charge in [-0.25, -0.2) is 5.01 Å². The number of rotatable bonds is 6. The number of Topliss-reactive ketones (excluding diaryl/α,β-unsaturated/α-hetero) is 1. The number of benzene rings is 2. The summed E-state index contributed by atoms with van der Waals surface area (Å²) >= 11 is 6.25. The van der Waals surface area contributed by atoms with Gasteiger partial charge >= 0.3 is 0 Å². The van der Waals surface area contributed by atoms with Gasteiger partial charge in [0.25, 0.3) is 17.7 Å². The molecule has 0 N–H and O–H groups in total. The van der Waals surface area contributed by atoms with Gasteiger partial charge < -0.3 is 4.74 Å². The predicted molar refractivity (Wildman–Crippen MR) is 122 cm³/mol. The molecular weight excluding hydrogens is 444 g/mol. The Labute approximate surface area is 196 Å². The monoisotopic (exact) mass is 466 g/mol. The molecule has 0 radical (unpaired) electrons. The first-order valence-electron chi connectivity index (χ1n) is 10.6. The maximum atomic E-state index is 13.6. The van der Waals surface area contributed by atoms with Gasteiger partial charge in [0.2, 0.25) is 0 Å². The largest absolute Gasteiger partial charge is 0.497 e. The average molecular weight is 467 g/mol. The van der Waals surface area contributed by atoms with Crippen molar-refractivity contribution in [3.05, 3.63) is 76.8 Å². The zero-order chi connectivity index (χ0) is 23.7. The molecule has 1 saturated heterocycles. The van der Waals surface area contributed by atoms with Crippen molar-refractivity contribution in [2.24, 2.45) is 11.8 Å². The van der Waals surface area contributed by atoms with Crippen LogP contribution in [0.2, 0.25) is 5.02 Å². The normalized spacial score (nSPS) is 20.4. The number of carbonyl (C=O) groups excluding carboxylic acids is 4. The van der Waals surface area contributed by atoms with E-state index in [0.29, 0.717) is 24.2 Å². The van der Waals surface area contributed by atoms with Crippen LogP contribution >= 0.6 is 11.6 Å². The van der Waals surface area contributed by atoms with Crippen LogP contribution in [0.5, 0.6) is 5.75 Å². The molecule has 1 aliphatic heterocycles. The van der Waals surface area contributed by atoms with Crippen molar-refractivity contribution in [1.82, 2.24) is 10.0 Å². The second-order valence-corrected chi connectivity index (χ2v) is 8.45. The van der Waals surface area contributed by atoms with E-state index >= 15 is 0 Å². The summed E-state index contributed by atoms with van der Waals surface area (Å²) in [5.74, 6) is -2.60. The topological polar surface area (TPSA) is 84.0 Å². The standard InChI is InChI=1S/C25H23ClN2O5/c1-15(22(29)16-11-13-17(33-2)14-12-16)27(25(32)20-9-5-6-10-21(20)26)28-23(30)18-7-3-4-8-19(18)24(28)31/h3-6,9-15,18-19H,7-8H2,1-2H3/t15-,18+,19+/m0/s1. The van der Waals surface area contributed by atoms with Crippen molar-refractivity contribution in [2.45, 2.75) is 25.8 Å². The lowest BCUT2D eigenvalue weighted by Gasteiger charge is -2.35. The number of amides is 3. The molecule has 33 heavy (non-hydrogen) atoms. The highest BCUT2D eigenvalue weighted by molar-refractivity contribution is 6.34. The third-order valence-corrected chi connectivity index (χ3v) is 6.46.